The number of carbonyl (C=O) groups is 1. The number of ketones is 1. The summed E-state index contributed by atoms with van der Waals surface area (Å²) in [4.78, 5) is 12.0. The first-order chi connectivity index (χ1) is 7.59. The van der Waals surface area contributed by atoms with Crippen LogP contribution in [-0.4, -0.2) is 10.9 Å². The Morgan fingerprint density at radius 2 is 2.06 bits per heavy atom. The number of benzene rings is 1. The number of hydrogen-bond donors (Lipinski definition) is 1. The fourth-order valence-corrected chi connectivity index (χ4v) is 2.70. The summed E-state index contributed by atoms with van der Waals surface area (Å²) in [6, 6.07) is 6.32. The first kappa shape index (κ1) is 11.4. The van der Waals surface area contributed by atoms with Crippen LogP contribution in [0.5, 0.6) is 5.75 Å². The van der Waals surface area contributed by atoms with Crippen molar-refractivity contribution in [2.75, 3.05) is 0 Å². The minimum Gasteiger partial charge on any atom is -0.507 e. The third-order valence-corrected chi connectivity index (χ3v) is 3.09. The summed E-state index contributed by atoms with van der Waals surface area (Å²) < 4.78 is 6.20. The Bertz CT molecular complexity index is 509. The van der Waals surface area contributed by atoms with Crippen molar-refractivity contribution in [2.24, 2.45) is 0 Å². The van der Waals surface area contributed by atoms with Crippen LogP contribution < -0.4 is 0 Å². The van der Waals surface area contributed by atoms with E-state index in [2.05, 4.69) is 31.9 Å². The van der Waals surface area contributed by atoms with Gasteiger partial charge in [0.15, 0.2) is 5.76 Å². The second-order valence-corrected chi connectivity index (χ2v) is 4.86. The number of phenols is 1. The number of phenolic OH excluding ortho intramolecular Hbond substituents is 1. The molecule has 82 valence electrons. The van der Waals surface area contributed by atoms with E-state index in [0.29, 0.717) is 8.95 Å². The average Bonchev–Trinajstić information content (AvgIpc) is 2.67. The highest BCUT2D eigenvalue weighted by molar-refractivity contribution is 9.11. The fourth-order valence-electron chi connectivity index (χ4n) is 1.32. The summed E-state index contributed by atoms with van der Waals surface area (Å²) in [6.45, 7) is 0. The van der Waals surface area contributed by atoms with Crippen molar-refractivity contribution in [3.8, 4) is 5.75 Å². The molecular weight excluding hydrogens is 340 g/mol. The van der Waals surface area contributed by atoms with Crippen molar-refractivity contribution in [1.82, 2.24) is 0 Å². The summed E-state index contributed by atoms with van der Waals surface area (Å²) in [6.07, 6.45) is 1.41. The molecule has 2 aromatic rings. The molecule has 0 atom stereocenters. The Morgan fingerprint density at radius 3 is 2.62 bits per heavy atom. The Labute approximate surface area is 108 Å². The molecule has 0 bridgehead atoms. The molecule has 0 amide bonds. The second kappa shape index (κ2) is 4.43. The molecule has 1 N–H and O–H groups in total. The van der Waals surface area contributed by atoms with E-state index in [0.717, 1.165) is 0 Å². The predicted octanol–water partition coefficient (Wildman–Crippen LogP) is 3.74. The van der Waals surface area contributed by atoms with Crippen LogP contribution in [0.2, 0.25) is 0 Å². The van der Waals surface area contributed by atoms with E-state index in [1.54, 1.807) is 18.2 Å². The van der Waals surface area contributed by atoms with Gasteiger partial charge in [0.2, 0.25) is 5.78 Å². The molecule has 0 fully saturated rings. The molecule has 0 saturated carbocycles. The van der Waals surface area contributed by atoms with Crippen molar-refractivity contribution in [2.45, 2.75) is 0 Å². The summed E-state index contributed by atoms with van der Waals surface area (Å²) >= 11 is 6.45. The van der Waals surface area contributed by atoms with Gasteiger partial charge in [0.1, 0.15) is 5.75 Å². The maximum absolute atomic E-state index is 12.0. The maximum Gasteiger partial charge on any atom is 0.233 e. The Kier molecular flexibility index (Phi) is 3.16. The van der Waals surface area contributed by atoms with Gasteiger partial charge in [-0.1, -0.05) is 15.9 Å². The first-order valence-electron chi connectivity index (χ1n) is 4.36. The van der Waals surface area contributed by atoms with Gasteiger partial charge in [-0.2, -0.15) is 0 Å². The van der Waals surface area contributed by atoms with Gasteiger partial charge in [0, 0.05) is 8.95 Å². The van der Waals surface area contributed by atoms with Crippen LogP contribution >= 0.6 is 31.9 Å². The molecule has 5 heteroatoms. The average molecular weight is 346 g/mol. The van der Waals surface area contributed by atoms with Crippen LogP contribution in [0.25, 0.3) is 0 Å². The summed E-state index contributed by atoms with van der Waals surface area (Å²) in [5, 5.41) is 9.72. The third-order valence-electron chi connectivity index (χ3n) is 2.01. The molecule has 0 aliphatic rings. The monoisotopic (exact) mass is 344 g/mol. The van der Waals surface area contributed by atoms with Crippen molar-refractivity contribution in [3.05, 3.63) is 50.8 Å². The lowest BCUT2D eigenvalue weighted by molar-refractivity contribution is 0.101. The quantitative estimate of drug-likeness (QED) is 0.843. The van der Waals surface area contributed by atoms with Gasteiger partial charge in [-0.3, -0.25) is 4.79 Å². The lowest BCUT2D eigenvalue weighted by Gasteiger charge is -2.05. The van der Waals surface area contributed by atoms with Crippen LogP contribution in [0.3, 0.4) is 0 Å². The van der Waals surface area contributed by atoms with Crippen molar-refractivity contribution >= 4 is 37.6 Å². The standard InChI is InChI=1S/C11H6Br2O3/c12-6-4-7(13)10(8(14)5-6)11(15)9-2-1-3-16-9/h1-5,14H. The Morgan fingerprint density at radius 1 is 1.31 bits per heavy atom. The highest BCUT2D eigenvalue weighted by Crippen LogP contribution is 2.32. The smallest absolute Gasteiger partial charge is 0.233 e. The lowest BCUT2D eigenvalue weighted by Crippen LogP contribution is -2.01. The summed E-state index contributed by atoms with van der Waals surface area (Å²) in [7, 11) is 0. The minimum absolute atomic E-state index is 0.0948. The first-order valence-corrected chi connectivity index (χ1v) is 5.94. The van der Waals surface area contributed by atoms with Gasteiger partial charge in [0.25, 0.3) is 0 Å². The summed E-state index contributed by atoms with van der Waals surface area (Å²) in [5.74, 6) is -0.261. The normalized spacial score (nSPS) is 10.4. The van der Waals surface area contributed by atoms with Gasteiger partial charge in [-0.15, -0.1) is 0 Å². The SMILES string of the molecule is O=C(c1ccco1)c1c(O)cc(Br)cc1Br. The van der Waals surface area contributed by atoms with E-state index in [4.69, 9.17) is 4.42 Å². The van der Waals surface area contributed by atoms with E-state index >= 15 is 0 Å². The Hall–Kier alpha value is -1.07. The van der Waals surface area contributed by atoms with Crippen LogP contribution in [-0.2, 0) is 0 Å². The number of furan rings is 1. The van der Waals surface area contributed by atoms with Gasteiger partial charge in [0.05, 0.1) is 11.8 Å². The highest BCUT2D eigenvalue weighted by atomic mass is 79.9. The van der Waals surface area contributed by atoms with Crippen LogP contribution in [0, 0.1) is 0 Å². The van der Waals surface area contributed by atoms with E-state index in [1.807, 2.05) is 0 Å². The molecular formula is C11H6Br2O3. The zero-order valence-electron chi connectivity index (χ0n) is 7.91. The highest BCUT2D eigenvalue weighted by Gasteiger charge is 2.19. The molecule has 3 nitrogen and oxygen atoms in total. The topological polar surface area (TPSA) is 50.4 Å². The second-order valence-electron chi connectivity index (χ2n) is 3.09. The Balaban J connectivity index is 2.53. The maximum atomic E-state index is 12.0. The molecule has 0 spiro atoms. The molecule has 0 aliphatic heterocycles. The minimum atomic E-state index is -0.359. The molecule has 1 aromatic heterocycles. The van der Waals surface area contributed by atoms with E-state index in [-0.39, 0.29) is 22.9 Å². The number of rotatable bonds is 2. The molecule has 0 aliphatic carbocycles. The molecule has 1 heterocycles. The van der Waals surface area contributed by atoms with E-state index in [1.165, 1.54) is 12.3 Å². The van der Waals surface area contributed by atoms with Crippen molar-refractivity contribution in [3.63, 3.8) is 0 Å². The fraction of sp³-hybridized carbons (Fsp3) is 0. The lowest BCUT2D eigenvalue weighted by atomic mass is 10.1. The van der Waals surface area contributed by atoms with Gasteiger partial charge in [-0.05, 0) is 40.2 Å². The molecule has 1 aromatic carbocycles. The number of hydrogen-bond acceptors (Lipinski definition) is 3. The molecule has 2 rings (SSSR count). The molecule has 0 saturated heterocycles. The third kappa shape index (κ3) is 2.05. The molecule has 0 unspecified atom stereocenters. The van der Waals surface area contributed by atoms with Gasteiger partial charge >= 0.3 is 0 Å². The van der Waals surface area contributed by atoms with Gasteiger partial charge in [-0.25, -0.2) is 0 Å². The number of carbonyl (C=O) groups excluding carboxylic acids is 1. The number of aromatic hydroxyl groups is 1. The van der Waals surface area contributed by atoms with E-state index < -0.39 is 0 Å². The predicted molar refractivity (Wildman–Crippen MR) is 65.6 cm³/mol. The zero-order chi connectivity index (χ0) is 11.7. The van der Waals surface area contributed by atoms with Crippen LogP contribution in [0.4, 0.5) is 0 Å². The van der Waals surface area contributed by atoms with Crippen molar-refractivity contribution in [1.29, 1.82) is 0 Å². The zero-order valence-corrected chi connectivity index (χ0v) is 11.1. The van der Waals surface area contributed by atoms with E-state index in [9.17, 15) is 9.90 Å². The summed E-state index contributed by atoms with van der Waals surface area (Å²) in [5.41, 5.74) is 0.193. The number of halogens is 2. The molecule has 16 heavy (non-hydrogen) atoms. The molecule has 0 radical (unpaired) electrons. The van der Waals surface area contributed by atoms with Crippen LogP contribution in [0.1, 0.15) is 16.1 Å². The van der Waals surface area contributed by atoms with Crippen LogP contribution in [0.15, 0.2) is 43.9 Å². The largest absolute Gasteiger partial charge is 0.507 e. The van der Waals surface area contributed by atoms with Crippen molar-refractivity contribution < 1.29 is 14.3 Å². The van der Waals surface area contributed by atoms with Gasteiger partial charge < -0.3 is 9.52 Å².